The third-order valence-electron chi connectivity index (χ3n) is 5.63. The highest BCUT2D eigenvalue weighted by molar-refractivity contribution is 6.30. The zero-order valence-electron chi connectivity index (χ0n) is 16.2. The van der Waals surface area contributed by atoms with Gasteiger partial charge in [0.25, 0.3) is 5.91 Å². The van der Waals surface area contributed by atoms with Gasteiger partial charge in [0.05, 0.1) is 11.3 Å². The highest BCUT2D eigenvalue weighted by Gasteiger charge is 2.26. The minimum absolute atomic E-state index is 0.0923. The summed E-state index contributed by atoms with van der Waals surface area (Å²) in [5, 5.41) is 0.681. The molecule has 29 heavy (non-hydrogen) atoms. The second-order valence-electron chi connectivity index (χ2n) is 7.41. The number of nitrogens with zero attached hydrogens (tertiary/aromatic N) is 2. The molecule has 2 aliphatic heterocycles. The van der Waals surface area contributed by atoms with Crippen molar-refractivity contribution in [3.05, 3.63) is 64.8 Å². The Morgan fingerprint density at radius 2 is 1.69 bits per heavy atom. The Labute approximate surface area is 174 Å². The van der Waals surface area contributed by atoms with Gasteiger partial charge in [0.15, 0.2) is 11.5 Å². The molecule has 0 bridgehead atoms. The predicted molar refractivity (Wildman–Crippen MR) is 112 cm³/mol. The first kappa shape index (κ1) is 18.1. The lowest BCUT2D eigenvalue weighted by Crippen LogP contribution is -2.27. The average molecular weight is 409 g/mol. The molecule has 0 unspecified atom stereocenters. The van der Waals surface area contributed by atoms with Crippen LogP contribution in [0, 0.1) is 6.92 Å². The van der Waals surface area contributed by atoms with Crippen LogP contribution in [-0.2, 0) is 0 Å². The fourth-order valence-corrected chi connectivity index (χ4v) is 4.23. The zero-order valence-corrected chi connectivity index (χ0v) is 16.9. The number of likely N-dealkylation sites (tertiary alicyclic amines) is 1. The molecule has 5 nitrogen and oxygen atoms in total. The molecule has 0 radical (unpaired) electrons. The van der Waals surface area contributed by atoms with E-state index in [-0.39, 0.29) is 12.7 Å². The molecule has 0 saturated carbocycles. The van der Waals surface area contributed by atoms with Gasteiger partial charge in [0.1, 0.15) is 0 Å². The molecule has 3 aromatic rings. The molecule has 1 saturated heterocycles. The van der Waals surface area contributed by atoms with Crippen molar-refractivity contribution in [2.75, 3.05) is 19.9 Å². The minimum Gasteiger partial charge on any atom is -0.454 e. The summed E-state index contributed by atoms with van der Waals surface area (Å²) < 4.78 is 13.1. The van der Waals surface area contributed by atoms with Crippen molar-refractivity contribution in [2.45, 2.75) is 19.8 Å². The van der Waals surface area contributed by atoms with Crippen LogP contribution in [0.3, 0.4) is 0 Å². The highest BCUT2D eigenvalue weighted by atomic mass is 35.5. The molecule has 5 rings (SSSR count). The van der Waals surface area contributed by atoms with Gasteiger partial charge < -0.3 is 18.9 Å². The number of fused-ring (bicyclic) bond motifs is 1. The summed E-state index contributed by atoms with van der Waals surface area (Å²) in [6, 6.07) is 15.5. The zero-order chi connectivity index (χ0) is 20.0. The van der Waals surface area contributed by atoms with E-state index in [4.69, 9.17) is 21.1 Å². The van der Waals surface area contributed by atoms with Gasteiger partial charge in [-0.05, 0) is 55.7 Å². The lowest BCUT2D eigenvalue weighted by Gasteiger charge is -2.16. The summed E-state index contributed by atoms with van der Waals surface area (Å²) in [5.74, 6) is 1.54. The second kappa shape index (κ2) is 7.16. The molecule has 0 atom stereocenters. The fraction of sp³-hybridized carbons (Fsp3) is 0.261. The summed E-state index contributed by atoms with van der Waals surface area (Å²) in [5.41, 5.74) is 4.51. The summed E-state index contributed by atoms with van der Waals surface area (Å²) in [6.07, 6.45) is 2.13. The number of benzene rings is 2. The van der Waals surface area contributed by atoms with E-state index in [1.165, 1.54) is 0 Å². The maximum atomic E-state index is 13.2. The highest BCUT2D eigenvalue weighted by Crippen LogP contribution is 2.37. The average Bonchev–Trinajstić information content (AvgIpc) is 3.47. The van der Waals surface area contributed by atoms with E-state index in [9.17, 15) is 4.79 Å². The van der Waals surface area contributed by atoms with E-state index in [0.717, 1.165) is 59.9 Å². The van der Waals surface area contributed by atoms with Gasteiger partial charge in [-0.15, -0.1) is 0 Å². The summed E-state index contributed by atoms with van der Waals surface area (Å²) in [6.45, 7) is 3.87. The van der Waals surface area contributed by atoms with E-state index in [1.54, 1.807) is 0 Å². The van der Waals surface area contributed by atoms with Crippen molar-refractivity contribution >= 4 is 17.5 Å². The molecule has 3 heterocycles. The van der Waals surface area contributed by atoms with Gasteiger partial charge in [0, 0.05) is 35.6 Å². The Hall–Kier alpha value is -2.92. The Kier molecular flexibility index (Phi) is 4.47. The first-order valence-electron chi connectivity index (χ1n) is 9.79. The number of halogens is 1. The lowest BCUT2D eigenvalue weighted by molar-refractivity contribution is 0.0792. The van der Waals surface area contributed by atoms with E-state index >= 15 is 0 Å². The lowest BCUT2D eigenvalue weighted by atomic mass is 10.1. The van der Waals surface area contributed by atoms with E-state index in [1.807, 2.05) is 60.4 Å². The minimum atomic E-state index is 0.0923. The van der Waals surface area contributed by atoms with Gasteiger partial charge in [0.2, 0.25) is 6.79 Å². The molecular weight excluding hydrogens is 388 g/mol. The van der Waals surface area contributed by atoms with Gasteiger partial charge in [-0.3, -0.25) is 4.79 Å². The molecule has 1 aromatic heterocycles. The van der Waals surface area contributed by atoms with Gasteiger partial charge >= 0.3 is 0 Å². The van der Waals surface area contributed by atoms with Crippen LogP contribution in [0.2, 0.25) is 5.02 Å². The SMILES string of the molecule is Cc1c(C(=O)N2CCCC2)cc(-c2ccc(Cl)cc2)n1-c1ccc2c(c1)OCO2. The number of hydrogen-bond acceptors (Lipinski definition) is 3. The number of hydrogen-bond donors (Lipinski definition) is 0. The summed E-state index contributed by atoms with van der Waals surface area (Å²) in [4.78, 5) is 15.1. The Morgan fingerprint density at radius 1 is 0.966 bits per heavy atom. The van der Waals surface area contributed by atoms with Gasteiger partial charge in [-0.25, -0.2) is 0 Å². The standard InChI is InChI=1S/C23H21ClN2O3/c1-15-19(23(27)25-10-2-3-11-25)13-20(16-4-6-17(24)7-5-16)26(15)18-8-9-21-22(12-18)29-14-28-21/h4-9,12-13H,2-3,10-11,14H2,1H3. The smallest absolute Gasteiger partial charge is 0.255 e. The third kappa shape index (κ3) is 3.15. The maximum absolute atomic E-state index is 13.2. The fourth-order valence-electron chi connectivity index (χ4n) is 4.10. The molecule has 6 heteroatoms. The van der Waals surface area contributed by atoms with Crippen molar-refractivity contribution in [1.82, 2.24) is 9.47 Å². The molecule has 1 amide bonds. The first-order chi connectivity index (χ1) is 14.1. The van der Waals surface area contributed by atoms with Crippen molar-refractivity contribution < 1.29 is 14.3 Å². The van der Waals surface area contributed by atoms with Crippen LogP contribution in [0.15, 0.2) is 48.5 Å². The van der Waals surface area contributed by atoms with E-state index in [2.05, 4.69) is 4.57 Å². The Morgan fingerprint density at radius 3 is 2.45 bits per heavy atom. The van der Waals surface area contributed by atoms with Crippen LogP contribution in [0.4, 0.5) is 0 Å². The van der Waals surface area contributed by atoms with E-state index in [0.29, 0.717) is 10.8 Å². The molecule has 148 valence electrons. The third-order valence-corrected chi connectivity index (χ3v) is 5.88. The predicted octanol–water partition coefficient (Wildman–Crippen LogP) is 5.07. The van der Waals surface area contributed by atoms with Gasteiger partial charge in [-0.1, -0.05) is 23.7 Å². The molecule has 2 aromatic carbocycles. The maximum Gasteiger partial charge on any atom is 0.255 e. The molecule has 1 fully saturated rings. The Balaban J connectivity index is 1.67. The summed E-state index contributed by atoms with van der Waals surface area (Å²) >= 11 is 6.09. The largest absolute Gasteiger partial charge is 0.454 e. The number of ether oxygens (including phenoxy) is 2. The molecule has 0 N–H and O–H groups in total. The topological polar surface area (TPSA) is 43.7 Å². The van der Waals surface area contributed by atoms with E-state index < -0.39 is 0 Å². The molecular formula is C23H21ClN2O3. The van der Waals surface area contributed by atoms with Crippen molar-refractivity contribution in [1.29, 1.82) is 0 Å². The van der Waals surface area contributed by atoms with Crippen LogP contribution in [0.25, 0.3) is 16.9 Å². The normalized spacial score (nSPS) is 15.2. The van der Waals surface area contributed by atoms with Crippen LogP contribution in [0.1, 0.15) is 28.9 Å². The van der Waals surface area contributed by atoms with Gasteiger partial charge in [-0.2, -0.15) is 0 Å². The van der Waals surface area contributed by atoms with Crippen LogP contribution >= 0.6 is 11.6 Å². The van der Waals surface area contributed by atoms with Crippen LogP contribution < -0.4 is 9.47 Å². The number of amides is 1. The molecule has 0 spiro atoms. The first-order valence-corrected chi connectivity index (χ1v) is 10.2. The van der Waals surface area contributed by atoms with Crippen LogP contribution in [0.5, 0.6) is 11.5 Å². The molecule has 2 aliphatic rings. The second-order valence-corrected chi connectivity index (χ2v) is 7.84. The Bertz CT molecular complexity index is 1080. The number of carbonyl (C=O) groups excluding carboxylic acids is 1. The number of rotatable bonds is 3. The number of aromatic nitrogens is 1. The summed E-state index contributed by atoms with van der Waals surface area (Å²) in [7, 11) is 0. The van der Waals surface area contributed by atoms with Crippen molar-refractivity contribution in [2.24, 2.45) is 0 Å². The monoisotopic (exact) mass is 408 g/mol. The quantitative estimate of drug-likeness (QED) is 0.607. The van der Waals surface area contributed by atoms with Crippen molar-refractivity contribution in [3.8, 4) is 28.4 Å². The molecule has 0 aliphatic carbocycles. The number of carbonyl (C=O) groups is 1. The van der Waals surface area contributed by atoms with Crippen LogP contribution in [-0.4, -0.2) is 35.3 Å². The van der Waals surface area contributed by atoms with Crippen molar-refractivity contribution in [3.63, 3.8) is 0 Å².